The van der Waals surface area contributed by atoms with E-state index in [0.717, 1.165) is 16.9 Å². The van der Waals surface area contributed by atoms with Crippen molar-refractivity contribution in [2.75, 3.05) is 30.9 Å². The Bertz CT molecular complexity index is 626. The third-order valence-electron chi connectivity index (χ3n) is 3.65. The van der Waals surface area contributed by atoms with Gasteiger partial charge in [-0.05, 0) is 17.7 Å². The van der Waals surface area contributed by atoms with E-state index in [1.807, 2.05) is 73.6 Å². The molecule has 2 aromatic rings. The fourth-order valence-corrected chi connectivity index (χ4v) is 2.36. The van der Waals surface area contributed by atoms with Crippen LogP contribution in [-0.4, -0.2) is 32.2 Å². The number of aliphatic hydroxyl groups excluding tert-OH is 1. The van der Waals surface area contributed by atoms with Crippen molar-refractivity contribution in [2.45, 2.75) is 12.5 Å². The first-order valence-corrected chi connectivity index (χ1v) is 7.26. The Labute approximate surface area is 131 Å². The molecule has 0 spiro atoms. The molecule has 0 bridgehead atoms. The van der Waals surface area contributed by atoms with Crippen LogP contribution in [0.2, 0.25) is 0 Å². The van der Waals surface area contributed by atoms with Crippen LogP contribution >= 0.6 is 0 Å². The normalized spacial score (nSPS) is 11.8. The van der Waals surface area contributed by atoms with Gasteiger partial charge in [-0.2, -0.15) is 0 Å². The summed E-state index contributed by atoms with van der Waals surface area (Å²) < 4.78 is 0. The molecule has 2 aromatic carbocycles. The molecule has 0 saturated carbocycles. The molecule has 22 heavy (non-hydrogen) atoms. The van der Waals surface area contributed by atoms with Crippen LogP contribution < -0.4 is 9.80 Å². The van der Waals surface area contributed by atoms with Crippen LogP contribution in [0.5, 0.6) is 0 Å². The Morgan fingerprint density at radius 1 is 0.955 bits per heavy atom. The Balaban J connectivity index is 2.13. The van der Waals surface area contributed by atoms with Gasteiger partial charge < -0.3 is 14.9 Å². The molecule has 116 valence electrons. The van der Waals surface area contributed by atoms with Crippen LogP contribution in [0.4, 0.5) is 11.4 Å². The molecule has 0 aromatic heterocycles. The van der Waals surface area contributed by atoms with Crippen LogP contribution in [-0.2, 0) is 4.79 Å². The summed E-state index contributed by atoms with van der Waals surface area (Å²) in [6, 6.07) is 17.0. The van der Waals surface area contributed by atoms with E-state index in [-0.39, 0.29) is 12.3 Å². The first kappa shape index (κ1) is 16.0. The Hall–Kier alpha value is -2.33. The molecule has 0 aliphatic carbocycles. The van der Waals surface area contributed by atoms with Gasteiger partial charge in [-0.25, -0.2) is 0 Å². The van der Waals surface area contributed by atoms with Crippen molar-refractivity contribution < 1.29 is 9.90 Å². The fraction of sp³-hybridized carbons (Fsp3) is 0.278. The molecular formula is C18H22N2O2. The number of carbonyl (C=O) groups is 1. The van der Waals surface area contributed by atoms with Crippen LogP contribution in [0.15, 0.2) is 54.6 Å². The van der Waals surface area contributed by atoms with Crippen molar-refractivity contribution >= 4 is 17.3 Å². The van der Waals surface area contributed by atoms with Crippen LogP contribution in [0.1, 0.15) is 18.1 Å². The third-order valence-corrected chi connectivity index (χ3v) is 3.65. The second-order valence-electron chi connectivity index (χ2n) is 5.47. The number of para-hydroxylation sites is 2. The van der Waals surface area contributed by atoms with Crippen LogP contribution in [0.3, 0.4) is 0 Å². The average Bonchev–Trinajstić information content (AvgIpc) is 2.54. The lowest BCUT2D eigenvalue weighted by Crippen LogP contribution is -2.29. The second kappa shape index (κ2) is 7.09. The molecule has 1 atom stereocenters. The Morgan fingerprint density at radius 3 is 2.09 bits per heavy atom. The molecule has 4 heteroatoms. The zero-order valence-corrected chi connectivity index (χ0v) is 13.2. The fourth-order valence-electron chi connectivity index (χ4n) is 2.36. The van der Waals surface area contributed by atoms with Gasteiger partial charge in [0.25, 0.3) is 0 Å². The van der Waals surface area contributed by atoms with Gasteiger partial charge in [0.2, 0.25) is 5.91 Å². The molecule has 1 amide bonds. The maximum absolute atomic E-state index is 12.4. The largest absolute Gasteiger partial charge is 0.388 e. The molecule has 0 radical (unpaired) electrons. The number of anilines is 2. The van der Waals surface area contributed by atoms with Gasteiger partial charge in [0.15, 0.2) is 0 Å². The van der Waals surface area contributed by atoms with Crippen molar-refractivity contribution in [3.05, 3.63) is 60.2 Å². The monoisotopic (exact) mass is 298 g/mol. The zero-order chi connectivity index (χ0) is 16.1. The Kier molecular flexibility index (Phi) is 5.17. The van der Waals surface area contributed by atoms with Crippen molar-refractivity contribution in [2.24, 2.45) is 0 Å². The zero-order valence-electron chi connectivity index (χ0n) is 13.2. The van der Waals surface area contributed by atoms with E-state index in [1.54, 1.807) is 11.9 Å². The number of carbonyl (C=O) groups excluding carboxylic acids is 1. The minimum atomic E-state index is -0.789. The summed E-state index contributed by atoms with van der Waals surface area (Å²) >= 11 is 0. The number of aliphatic hydroxyl groups is 1. The van der Waals surface area contributed by atoms with Crippen molar-refractivity contribution in [1.82, 2.24) is 0 Å². The lowest BCUT2D eigenvalue weighted by atomic mass is 10.1. The number of hydrogen-bond donors (Lipinski definition) is 1. The van der Waals surface area contributed by atoms with E-state index >= 15 is 0 Å². The van der Waals surface area contributed by atoms with Crippen molar-refractivity contribution in [1.29, 1.82) is 0 Å². The quantitative estimate of drug-likeness (QED) is 0.923. The topological polar surface area (TPSA) is 43.8 Å². The molecule has 4 nitrogen and oxygen atoms in total. The standard InChI is InChI=1S/C18H22N2O2/c1-19(2)15-11-7-8-12-16(15)20(3)18(22)13-17(21)14-9-5-4-6-10-14/h4-12,17,21H,13H2,1-3H3. The summed E-state index contributed by atoms with van der Waals surface area (Å²) in [6.45, 7) is 0. The number of amides is 1. The highest BCUT2D eigenvalue weighted by molar-refractivity contribution is 5.96. The molecule has 0 heterocycles. The van der Waals surface area contributed by atoms with E-state index < -0.39 is 6.10 Å². The van der Waals surface area contributed by atoms with Gasteiger partial charge in [0.1, 0.15) is 0 Å². The van der Waals surface area contributed by atoms with Crippen LogP contribution in [0, 0.1) is 0 Å². The van der Waals surface area contributed by atoms with E-state index in [1.165, 1.54) is 0 Å². The highest BCUT2D eigenvalue weighted by atomic mass is 16.3. The number of rotatable bonds is 5. The van der Waals surface area contributed by atoms with Gasteiger partial charge in [-0.15, -0.1) is 0 Å². The van der Waals surface area contributed by atoms with Gasteiger partial charge in [0.05, 0.1) is 23.9 Å². The number of nitrogens with zero attached hydrogens (tertiary/aromatic N) is 2. The molecule has 0 fully saturated rings. The van der Waals surface area contributed by atoms with Gasteiger partial charge >= 0.3 is 0 Å². The summed E-state index contributed by atoms with van der Waals surface area (Å²) in [5.74, 6) is -0.120. The smallest absolute Gasteiger partial charge is 0.229 e. The highest BCUT2D eigenvalue weighted by Crippen LogP contribution is 2.28. The molecule has 1 unspecified atom stereocenters. The van der Waals surface area contributed by atoms with Gasteiger partial charge in [-0.1, -0.05) is 42.5 Å². The predicted molar refractivity (Wildman–Crippen MR) is 90.2 cm³/mol. The molecular weight excluding hydrogens is 276 g/mol. The second-order valence-corrected chi connectivity index (χ2v) is 5.47. The lowest BCUT2D eigenvalue weighted by molar-refractivity contribution is -0.120. The maximum Gasteiger partial charge on any atom is 0.229 e. The highest BCUT2D eigenvalue weighted by Gasteiger charge is 2.19. The lowest BCUT2D eigenvalue weighted by Gasteiger charge is -2.25. The SMILES string of the molecule is CN(C)c1ccccc1N(C)C(=O)CC(O)c1ccccc1. The van der Waals surface area contributed by atoms with E-state index in [4.69, 9.17) is 0 Å². The van der Waals surface area contributed by atoms with E-state index in [9.17, 15) is 9.90 Å². The first-order chi connectivity index (χ1) is 10.5. The third kappa shape index (κ3) is 3.65. The summed E-state index contributed by atoms with van der Waals surface area (Å²) in [5, 5.41) is 10.2. The summed E-state index contributed by atoms with van der Waals surface area (Å²) in [7, 11) is 5.62. The van der Waals surface area contributed by atoms with Crippen molar-refractivity contribution in [3.63, 3.8) is 0 Å². The number of hydrogen-bond acceptors (Lipinski definition) is 3. The summed E-state index contributed by atoms with van der Waals surface area (Å²) in [4.78, 5) is 16.0. The molecule has 0 aliphatic heterocycles. The van der Waals surface area contributed by atoms with Crippen molar-refractivity contribution in [3.8, 4) is 0 Å². The van der Waals surface area contributed by atoms with Gasteiger partial charge in [0, 0.05) is 21.1 Å². The molecule has 1 N–H and O–H groups in total. The van der Waals surface area contributed by atoms with E-state index in [2.05, 4.69) is 0 Å². The van der Waals surface area contributed by atoms with E-state index in [0.29, 0.717) is 0 Å². The first-order valence-electron chi connectivity index (χ1n) is 7.26. The molecule has 0 saturated heterocycles. The van der Waals surface area contributed by atoms with Gasteiger partial charge in [-0.3, -0.25) is 4.79 Å². The maximum atomic E-state index is 12.4. The Morgan fingerprint density at radius 2 is 1.50 bits per heavy atom. The average molecular weight is 298 g/mol. The molecule has 2 rings (SSSR count). The summed E-state index contributed by atoms with van der Waals surface area (Å²) in [6.07, 6.45) is -0.731. The minimum absolute atomic E-state index is 0.0578. The van der Waals surface area contributed by atoms with Crippen LogP contribution in [0.25, 0.3) is 0 Å². The molecule has 0 aliphatic rings. The minimum Gasteiger partial charge on any atom is -0.388 e. The predicted octanol–water partition coefficient (Wildman–Crippen LogP) is 2.84. The number of benzene rings is 2. The summed E-state index contributed by atoms with van der Waals surface area (Å²) in [5.41, 5.74) is 2.55.